The average Bonchev–Trinajstić information content (AvgIpc) is 2.59. The van der Waals surface area contributed by atoms with Gasteiger partial charge in [0.2, 0.25) is 0 Å². The Balaban J connectivity index is 2.30. The van der Waals surface area contributed by atoms with Crippen molar-refractivity contribution in [3.05, 3.63) is 71.8 Å². The maximum absolute atomic E-state index is 9.17. The van der Waals surface area contributed by atoms with E-state index in [0.717, 1.165) is 11.1 Å². The summed E-state index contributed by atoms with van der Waals surface area (Å²) in [5.41, 5.74) is 2.30. The molecular formula is C18H24N2O2. The first-order valence-corrected chi connectivity index (χ1v) is 7.65. The number of rotatable bonds is 9. The van der Waals surface area contributed by atoms with Crippen LogP contribution in [0.5, 0.6) is 0 Å². The summed E-state index contributed by atoms with van der Waals surface area (Å²) in [6.07, 6.45) is 0. The fourth-order valence-electron chi connectivity index (χ4n) is 2.62. The lowest BCUT2D eigenvalue weighted by Gasteiger charge is -2.30. The van der Waals surface area contributed by atoms with Crippen molar-refractivity contribution in [1.29, 1.82) is 0 Å². The topological polar surface area (TPSA) is 64.5 Å². The molecule has 0 unspecified atom stereocenters. The molecule has 0 heterocycles. The van der Waals surface area contributed by atoms with Gasteiger partial charge < -0.3 is 20.8 Å². The van der Waals surface area contributed by atoms with Crippen LogP contribution in [0.25, 0.3) is 0 Å². The number of aliphatic hydroxyl groups is 2. The normalized spacial score (nSPS) is 13.7. The first kappa shape index (κ1) is 16.6. The van der Waals surface area contributed by atoms with Gasteiger partial charge in [-0.25, -0.2) is 0 Å². The zero-order chi connectivity index (χ0) is 15.6. The fraction of sp³-hybridized carbons (Fsp3) is 0.333. The standard InChI is InChI=1S/C18H24N2O2/c21-13-11-19-17(15-7-3-1-4-8-15)18(20-12-14-22)16-9-5-2-6-10-16/h1-10,17-22H,11-14H2/t17-,18-/m1/s1. The van der Waals surface area contributed by atoms with Gasteiger partial charge in [-0.05, 0) is 11.1 Å². The van der Waals surface area contributed by atoms with Crippen LogP contribution in [-0.2, 0) is 0 Å². The van der Waals surface area contributed by atoms with Crippen molar-refractivity contribution in [2.45, 2.75) is 12.1 Å². The van der Waals surface area contributed by atoms with Gasteiger partial charge in [0.05, 0.1) is 25.3 Å². The number of nitrogens with one attached hydrogen (secondary N) is 2. The minimum Gasteiger partial charge on any atom is -0.395 e. The number of benzene rings is 2. The Kier molecular flexibility index (Phi) is 7.06. The van der Waals surface area contributed by atoms with E-state index < -0.39 is 0 Å². The first-order chi connectivity index (χ1) is 10.9. The summed E-state index contributed by atoms with van der Waals surface area (Å²) in [4.78, 5) is 0. The lowest BCUT2D eigenvalue weighted by atomic mass is 9.93. The van der Waals surface area contributed by atoms with Gasteiger partial charge in [0.1, 0.15) is 0 Å². The van der Waals surface area contributed by atoms with E-state index in [0.29, 0.717) is 13.1 Å². The Labute approximate surface area is 131 Å². The third-order valence-electron chi connectivity index (χ3n) is 3.60. The average molecular weight is 300 g/mol. The molecule has 2 rings (SSSR count). The van der Waals surface area contributed by atoms with Crippen LogP contribution in [0.1, 0.15) is 23.2 Å². The van der Waals surface area contributed by atoms with Gasteiger partial charge in [0.15, 0.2) is 0 Å². The van der Waals surface area contributed by atoms with E-state index in [1.165, 1.54) is 0 Å². The predicted molar refractivity (Wildman–Crippen MR) is 88.5 cm³/mol. The molecule has 0 amide bonds. The van der Waals surface area contributed by atoms with Crippen LogP contribution in [0.2, 0.25) is 0 Å². The Bertz CT molecular complexity index is 470. The summed E-state index contributed by atoms with van der Waals surface area (Å²) in [6, 6.07) is 20.4. The van der Waals surface area contributed by atoms with Crippen molar-refractivity contribution in [2.75, 3.05) is 26.3 Å². The smallest absolute Gasteiger partial charge is 0.0556 e. The van der Waals surface area contributed by atoms with Crippen molar-refractivity contribution in [1.82, 2.24) is 10.6 Å². The molecule has 0 fully saturated rings. The Morgan fingerprint density at radius 1 is 0.636 bits per heavy atom. The van der Waals surface area contributed by atoms with Crippen LogP contribution in [0.3, 0.4) is 0 Å². The number of hydrogen-bond donors (Lipinski definition) is 4. The van der Waals surface area contributed by atoms with E-state index in [1.54, 1.807) is 0 Å². The summed E-state index contributed by atoms with van der Waals surface area (Å²) >= 11 is 0. The Morgan fingerprint density at radius 2 is 1.00 bits per heavy atom. The summed E-state index contributed by atoms with van der Waals surface area (Å²) < 4.78 is 0. The van der Waals surface area contributed by atoms with Gasteiger partial charge in [0.25, 0.3) is 0 Å². The fourth-order valence-corrected chi connectivity index (χ4v) is 2.62. The highest BCUT2D eigenvalue weighted by molar-refractivity contribution is 5.27. The largest absolute Gasteiger partial charge is 0.395 e. The molecule has 0 saturated heterocycles. The van der Waals surface area contributed by atoms with Crippen LogP contribution in [-0.4, -0.2) is 36.5 Å². The van der Waals surface area contributed by atoms with Gasteiger partial charge in [-0.15, -0.1) is 0 Å². The molecule has 4 N–H and O–H groups in total. The molecule has 0 spiro atoms. The molecule has 2 aromatic carbocycles. The van der Waals surface area contributed by atoms with Gasteiger partial charge in [-0.3, -0.25) is 0 Å². The minimum atomic E-state index is 0.0160. The molecule has 2 aromatic rings. The first-order valence-electron chi connectivity index (χ1n) is 7.65. The van der Waals surface area contributed by atoms with Crippen LogP contribution in [0, 0.1) is 0 Å². The molecule has 4 nitrogen and oxygen atoms in total. The van der Waals surface area contributed by atoms with Gasteiger partial charge in [0, 0.05) is 13.1 Å². The molecule has 0 bridgehead atoms. The lowest BCUT2D eigenvalue weighted by Crippen LogP contribution is -2.37. The monoisotopic (exact) mass is 300 g/mol. The second-order valence-electron chi connectivity index (χ2n) is 5.13. The van der Waals surface area contributed by atoms with E-state index in [9.17, 15) is 0 Å². The molecule has 22 heavy (non-hydrogen) atoms. The molecular weight excluding hydrogens is 276 g/mol. The Morgan fingerprint density at radius 3 is 1.32 bits per heavy atom. The van der Waals surface area contributed by atoms with Crippen molar-refractivity contribution in [3.63, 3.8) is 0 Å². The van der Waals surface area contributed by atoms with Crippen molar-refractivity contribution in [3.8, 4) is 0 Å². The third kappa shape index (κ3) is 4.64. The van der Waals surface area contributed by atoms with E-state index in [2.05, 4.69) is 34.9 Å². The molecule has 0 saturated carbocycles. The molecule has 0 radical (unpaired) electrons. The maximum Gasteiger partial charge on any atom is 0.0556 e. The van der Waals surface area contributed by atoms with Crippen molar-refractivity contribution < 1.29 is 10.2 Å². The molecule has 0 aliphatic rings. The summed E-state index contributed by atoms with van der Waals surface area (Å²) in [7, 11) is 0. The molecule has 4 heteroatoms. The van der Waals surface area contributed by atoms with Crippen molar-refractivity contribution >= 4 is 0 Å². The summed E-state index contributed by atoms with van der Waals surface area (Å²) in [6.45, 7) is 1.21. The highest BCUT2D eigenvalue weighted by atomic mass is 16.3. The van der Waals surface area contributed by atoms with Crippen LogP contribution in [0.4, 0.5) is 0 Å². The molecule has 0 aliphatic carbocycles. The predicted octanol–water partition coefficient (Wildman–Crippen LogP) is 1.63. The van der Waals surface area contributed by atoms with E-state index >= 15 is 0 Å². The van der Waals surface area contributed by atoms with Crippen LogP contribution >= 0.6 is 0 Å². The quantitative estimate of drug-likeness (QED) is 0.568. The van der Waals surface area contributed by atoms with E-state index in [-0.39, 0.29) is 25.3 Å². The highest BCUT2D eigenvalue weighted by Gasteiger charge is 2.23. The van der Waals surface area contributed by atoms with Gasteiger partial charge in [-0.1, -0.05) is 60.7 Å². The van der Waals surface area contributed by atoms with E-state index in [1.807, 2.05) is 36.4 Å². The number of hydrogen-bond acceptors (Lipinski definition) is 4. The molecule has 0 aromatic heterocycles. The van der Waals surface area contributed by atoms with Crippen molar-refractivity contribution in [2.24, 2.45) is 0 Å². The Hall–Kier alpha value is -1.72. The van der Waals surface area contributed by atoms with Gasteiger partial charge >= 0.3 is 0 Å². The zero-order valence-electron chi connectivity index (χ0n) is 12.7. The van der Waals surface area contributed by atoms with Gasteiger partial charge in [-0.2, -0.15) is 0 Å². The maximum atomic E-state index is 9.17. The second kappa shape index (κ2) is 9.33. The highest BCUT2D eigenvalue weighted by Crippen LogP contribution is 2.28. The van der Waals surface area contributed by atoms with E-state index in [4.69, 9.17) is 10.2 Å². The SMILES string of the molecule is OCCN[C@H](c1ccccc1)[C@H](NCCO)c1ccccc1. The minimum absolute atomic E-state index is 0.0160. The lowest BCUT2D eigenvalue weighted by molar-refractivity contribution is 0.257. The molecule has 118 valence electrons. The number of aliphatic hydroxyl groups excluding tert-OH is 2. The second-order valence-corrected chi connectivity index (χ2v) is 5.13. The molecule has 0 aliphatic heterocycles. The summed E-state index contributed by atoms with van der Waals surface area (Å²) in [5, 5.41) is 25.1. The van der Waals surface area contributed by atoms with Crippen LogP contribution in [0.15, 0.2) is 60.7 Å². The molecule has 2 atom stereocenters. The third-order valence-corrected chi connectivity index (χ3v) is 3.60. The summed E-state index contributed by atoms with van der Waals surface area (Å²) in [5.74, 6) is 0. The zero-order valence-corrected chi connectivity index (χ0v) is 12.7. The van der Waals surface area contributed by atoms with Crippen LogP contribution < -0.4 is 10.6 Å².